The van der Waals surface area contributed by atoms with Crippen molar-refractivity contribution in [1.29, 1.82) is 0 Å². The van der Waals surface area contributed by atoms with E-state index in [1.54, 1.807) is 0 Å². The molecular formula is C22H28N4O. The number of aromatic amines is 1. The molecule has 2 bridgehead atoms. The van der Waals surface area contributed by atoms with Crippen molar-refractivity contribution in [2.45, 2.75) is 50.1 Å². The van der Waals surface area contributed by atoms with Gasteiger partial charge in [-0.15, -0.1) is 0 Å². The first kappa shape index (κ1) is 17.0. The first-order valence-corrected chi connectivity index (χ1v) is 10.4. The van der Waals surface area contributed by atoms with Crippen molar-refractivity contribution in [1.82, 2.24) is 20.0 Å². The van der Waals surface area contributed by atoms with Crippen LogP contribution in [0, 0.1) is 5.92 Å². The maximum absolute atomic E-state index is 13.2. The third kappa shape index (κ3) is 3.08. The molecule has 5 nitrogen and oxygen atoms in total. The highest BCUT2D eigenvalue weighted by molar-refractivity contribution is 5.77. The van der Waals surface area contributed by atoms with Crippen LogP contribution in [0.25, 0.3) is 0 Å². The minimum atomic E-state index is 0.348. The summed E-state index contributed by atoms with van der Waals surface area (Å²) >= 11 is 0. The van der Waals surface area contributed by atoms with Gasteiger partial charge in [0.25, 0.3) is 0 Å². The Kier molecular flexibility index (Phi) is 4.48. The Morgan fingerprint density at radius 1 is 1.15 bits per heavy atom. The minimum absolute atomic E-state index is 0.348. The predicted molar refractivity (Wildman–Crippen MR) is 104 cm³/mol. The molecule has 2 aromatic rings. The maximum atomic E-state index is 13.2. The number of nitrogens with one attached hydrogen (secondary N) is 1. The molecule has 5 heteroatoms. The van der Waals surface area contributed by atoms with Crippen LogP contribution >= 0.6 is 0 Å². The fourth-order valence-electron chi connectivity index (χ4n) is 5.70. The number of likely N-dealkylation sites (tertiary alicyclic amines) is 1. The monoisotopic (exact) mass is 364 g/mol. The van der Waals surface area contributed by atoms with Gasteiger partial charge >= 0.3 is 0 Å². The van der Waals surface area contributed by atoms with E-state index in [4.69, 9.17) is 0 Å². The SMILES string of the molecule is O=C(CCCc1cn[nH]c1)N1C[C@@H](c2ccccc2)[C@@H]2[C@H]1C1CCN2CC1. The highest BCUT2D eigenvalue weighted by Gasteiger charge is 2.54. The number of hydrogen-bond acceptors (Lipinski definition) is 3. The third-order valence-electron chi connectivity index (χ3n) is 6.95. The first-order valence-electron chi connectivity index (χ1n) is 10.4. The summed E-state index contributed by atoms with van der Waals surface area (Å²) in [6.45, 7) is 3.30. The third-order valence-corrected chi connectivity index (χ3v) is 6.95. The Morgan fingerprint density at radius 3 is 2.70 bits per heavy atom. The number of hydrogen-bond donors (Lipinski definition) is 1. The summed E-state index contributed by atoms with van der Waals surface area (Å²) in [5.41, 5.74) is 2.58. The number of aromatic nitrogens is 2. The first-order chi connectivity index (χ1) is 13.3. The number of nitrogens with zero attached hydrogens (tertiary/aromatic N) is 3. The van der Waals surface area contributed by atoms with Crippen molar-refractivity contribution < 1.29 is 4.79 Å². The summed E-state index contributed by atoms with van der Waals surface area (Å²) < 4.78 is 0. The van der Waals surface area contributed by atoms with Crippen LogP contribution in [0.1, 0.15) is 42.7 Å². The molecule has 1 aromatic carbocycles. The number of rotatable bonds is 5. The minimum Gasteiger partial charge on any atom is -0.337 e. The van der Waals surface area contributed by atoms with E-state index in [0.29, 0.717) is 36.2 Å². The topological polar surface area (TPSA) is 52.2 Å². The number of amides is 1. The summed E-state index contributed by atoms with van der Waals surface area (Å²) in [5.74, 6) is 1.49. The molecule has 1 aromatic heterocycles. The average molecular weight is 364 g/mol. The van der Waals surface area contributed by atoms with E-state index in [1.807, 2.05) is 12.4 Å². The van der Waals surface area contributed by atoms with Crippen molar-refractivity contribution in [2.24, 2.45) is 5.92 Å². The van der Waals surface area contributed by atoms with Crippen molar-refractivity contribution >= 4 is 5.91 Å². The molecule has 4 aliphatic heterocycles. The zero-order valence-electron chi connectivity index (χ0n) is 15.8. The van der Waals surface area contributed by atoms with Crippen LogP contribution in [0.15, 0.2) is 42.7 Å². The Hall–Kier alpha value is -2.14. The van der Waals surface area contributed by atoms with E-state index in [2.05, 4.69) is 50.3 Å². The van der Waals surface area contributed by atoms with Crippen LogP contribution in [0.2, 0.25) is 0 Å². The zero-order valence-corrected chi connectivity index (χ0v) is 15.8. The van der Waals surface area contributed by atoms with Crippen LogP contribution in [-0.4, -0.2) is 57.6 Å². The Morgan fingerprint density at radius 2 is 1.96 bits per heavy atom. The van der Waals surface area contributed by atoms with Gasteiger partial charge in [-0.2, -0.15) is 5.10 Å². The van der Waals surface area contributed by atoms with Crippen LogP contribution in [0.4, 0.5) is 0 Å². The Bertz CT molecular complexity index is 767. The highest BCUT2D eigenvalue weighted by atomic mass is 16.2. The number of carbonyl (C=O) groups excluding carboxylic acids is 1. The number of carbonyl (C=O) groups is 1. The fourth-order valence-corrected chi connectivity index (χ4v) is 5.70. The summed E-state index contributed by atoms with van der Waals surface area (Å²) in [7, 11) is 0. The van der Waals surface area contributed by atoms with Gasteiger partial charge in [0.05, 0.1) is 12.2 Å². The van der Waals surface area contributed by atoms with Gasteiger partial charge in [0, 0.05) is 31.1 Å². The van der Waals surface area contributed by atoms with E-state index in [0.717, 1.165) is 19.4 Å². The molecule has 4 aliphatic rings. The highest BCUT2D eigenvalue weighted by Crippen LogP contribution is 2.46. The second-order valence-corrected chi connectivity index (χ2v) is 8.38. The van der Waals surface area contributed by atoms with E-state index in [-0.39, 0.29) is 0 Å². The molecule has 5 heterocycles. The van der Waals surface area contributed by atoms with E-state index in [1.165, 1.54) is 37.1 Å². The second kappa shape index (κ2) is 7.12. The van der Waals surface area contributed by atoms with Crippen LogP contribution in [-0.2, 0) is 11.2 Å². The smallest absolute Gasteiger partial charge is 0.222 e. The van der Waals surface area contributed by atoms with Crippen molar-refractivity contribution in [2.75, 3.05) is 19.6 Å². The molecule has 27 heavy (non-hydrogen) atoms. The van der Waals surface area contributed by atoms with Crippen LogP contribution in [0.5, 0.6) is 0 Å². The average Bonchev–Trinajstić information content (AvgIpc) is 3.38. The van der Waals surface area contributed by atoms with Crippen molar-refractivity contribution in [3.05, 3.63) is 53.9 Å². The van der Waals surface area contributed by atoms with E-state index < -0.39 is 0 Å². The zero-order chi connectivity index (χ0) is 18.2. The molecule has 4 saturated heterocycles. The molecule has 6 rings (SSSR count). The standard InChI is InChI=1S/C22H28N4O/c27-20(8-4-5-16-13-23-24-14-16)26-15-19(17-6-2-1-3-7-17)22-21(26)18-9-11-25(22)12-10-18/h1-3,6-7,13-14,18-19,21-22H,4-5,8-12,15H2,(H,23,24)/t19-,21+,22+/m0/s1. The van der Waals surface area contributed by atoms with Crippen LogP contribution in [0.3, 0.4) is 0 Å². The molecule has 142 valence electrons. The lowest BCUT2D eigenvalue weighted by Gasteiger charge is -2.51. The van der Waals surface area contributed by atoms with E-state index >= 15 is 0 Å². The number of aryl methyl sites for hydroxylation is 1. The van der Waals surface area contributed by atoms with Crippen LogP contribution < -0.4 is 0 Å². The van der Waals surface area contributed by atoms with Gasteiger partial charge in [-0.1, -0.05) is 30.3 Å². The molecule has 0 unspecified atom stereocenters. The van der Waals surface area contributed by atoms with Gasteiger partial charge in [-0.05, 0) is 55.8 Å². The van der Waals surface area contributed by atoms with Gasteiger partial charge < -0.3 is 4.90 Å². The van der Waals surface area contributed by atoms with Crippen molar-refractivity contribution in [3.63, 3.8) is 0 Å². The van der Waals surface area contributed by atoms with Crippen molar-refractivity contribution in [3.8, 4) is 0 Å². The number of H-pyrrole nitrogens is 1. The molecule has 4 fully saturated rings. The van der Waals surface area contributed by atoms with Gasteiger partial charge in [0.2, 0.25) is 5.91 Å². The van der Waals surface area contributed by atoms with E-state index in [9.17, 15) is 4.79 Å². The Balaban J connectivity index is 1.33. The lowest BCUT2D eigenvalue weighted by molar-refractivity contribution is -0.136. The predicted octanol–water partition coefficient (Wildman–Crippen LogP) is 2.82. The van der Waals surface area contributed by atoms with Gasteiger partial charge in [0.1, 0.15) is 0 Å². The number of piperidine rings is 3. The normalized spacial score (nSPS) is 31.9. The van der Waals surface area contributed by atoms with Gasteiger partial charge in [0.15, 0.2) is 0 Å². The van der Waals surface area contributed by atoms with Gasteiger partial charge in [-0.25, -0.2) is 0 Å². The quantitative estimate of drug-likeness (QED) is 0.888. The molecule has 1 amide bonds. The molecule has 1 N–H and O–H groups in total. The molecule has 0 aliphatic carbocycles. The number of fused-ring (bicyclic) bond motifs is 2. The summed E-state index contributed by atoms with van der Waals surface area (Å²) in [5, 5.41) is 6.85. The summed E-state index contributed by atoms with van der Waals surface area (Å²) in [4.78, 5) is 18.1. The largest absolute Gasteiger partial charge is 0.337 e. The molecular weight excluding hydrogens is 336 g/mol. The maximum Gasteiger partial charge on any atom is 0.222 e. The molecule has 0 spiro atoms. The lowest BCUT2D eigenvalue weighted by atomic mass is 9.75. The molecule has 0 radical (unpaired) electrons. The lowest BCUT2D eigenvalue weighted by Crippen LogP contribution is -2.60. The summed E-state index contributed by atoms with van der Waals surface area (Å²) in [6, 6.07) is 11.8. The molecule has 3 atom stereocenters. The molecule has 0 saturated carbocycles. The summed E-state index contributed by atoms with van der Waals surface area (Å²) in [6.07, 6.45) is 8.74. The second-order valence-electron chi connectivity index (χ2n) is 8.38. The Labute approximate surface area is 160 Å². The number of benzene rings is 1. The van der Waals surface area contributed by atoms with Gasteiger partial charge in [-0.3, -0.25) is 14.8 Å². The fraction of sp³-hybridized carbons (Fsp3) is 0.545.